The molecule has 0 aliphatic carbocycles. The molecule has 7 heteroatoms. The second kappa shape index (κ2) is 7.96. The van der Waals surface area contributed by atoms with Gasteiger partial charge in [0.05, 0.1) is 12.6 Å². The Bertz CT molecular complexity index is 596. The molecule has 1 atom stereocenters. The molecule has 1 unspecified atom stereocenters. The van der Waals surface area contributed by atoms with Gasteiger partial charge in [-0.05, 0) is 37.6 Å². The summed E-state index contributed by atoms with van der Waals surface area (Å²) in [6, 6.07) is 7.01. The van der Waals surface area contributed by atoms with Crippen molar-refractivity contribution in [2.75, 3.05) is 44.6 Å². The van der Waals surface area contributed by atoms with E-state index in [1.807, 2.05) is 6.07 Å². The van der Waals surface area contributed by atoms with Gasteiger partial charge < -0.3 is 15.5 Å². The van der Waals surface area contributed by atoms with Gasteiger partial charge in [-0.25, -0.2) is 4.79 Å². The van der Waals surface area contributed by atoms with Crippen molar-refractivity contribution in [1.29, 1.82) is 0 Å². The van der Waals surface area contributed by atoms with Crippen LogP contribution >= 0.6 is 11.6 Å². The highest BCUT2D eigenvalue weighted by Crippen LogP contribution is 2.16. The number of carbonyl (C=O) groups is 2. The van der Waals surface area contributed by atoms with Crippen LogP contribution in [-0.4, -0.2) is 66.9 Å². The molecular formula is C17H23ClN4O2. The molecule has 3 rings (SSSR count). The third kappa shape index (κ3) is 4.47. The number of anilines is 1. The van der Waals surface area contributed by atoms with Crippen molar-refractivity contribution in [3.63, 3.8) is 0 Å². The Morgan fingerprint density at radius 2 is 2.04 bits per heavy atom. The van der Waals surface area contributed by atoms with E-state index in [1.54, 1.807) is 23.1 Å². The first-order valence-corrected chi connectivity index (χ1v) is 8.79. The smallest absolute Gasteiger partial charge is 0.321 e. The molecule has 2 aliphatic heterocycles. The van der Waals surface area contributed by atoms with Gasteiger partial charge in [0.1, 0.15) is 0 Å². The Balaban J connectivity index is 1.44. The lowest BCUT2D eigenvalue weighted by atomic mass is 10.1. The van der Waals surface area contributed by atoms with Crippen LogP contribution in [0.25, 0.3) is 0 Å². The van der Waals surface area contributed by atoms with Crippen molar-refractivity contribution < 1.29 is 9.59 Å². The number of carbonyl (C=O) groups excluding carboxylic acids is 2. The molecule has 2 heterocycles. The Morgan fingerprint density at radius 3 is 2.71 bits per heavy atom. The number of piperazine rings is 1. The summed E-state index contributed by atoms with van der Waals surface area (Å²) in [6.07, 6.45) is 2.02. The summed E-state index contributed by atoms with van der Waals surface area (Å²) >= 11 is 5.93. The van der Waals surface area contributed by atoms with E-state index in [1.165, 1.54) is 0 Å². The fourth-order valence-electron chi connectivity index (χ4n) is 3.17. The molecule has 1 aromatic carbocycles. The number of urea groups is 1. The number of hydrogen-bond donors (Lipinski definition) is 2. The van der Waals surface area contributed by atoms with Gasteiger partial charge in [-0.1, -0.05) is 17.7 Å². The predicted octanol–water partition coefficient (Wildman–Crippen LogP) is 1.81. The maximum absolute atomic E-state index is 12.3. The highest BCUT2D eigenvalue weighted by Gasteiger charge is 2.26. The molecule has 24 heavy (non-hydrogen) atoms. The van der Waals surface area contributed by atoms with E-state index in [9.17, 15) is 9.59 Å². The number of nitrogens with one attached hydrogen (secondary N) is 2. The van der Waals surface area contributed by atoms with Crippen LogP contribution in [0.15, 0.2) is 24.3 Å². The normalized spacial score (nSPS) is 21.7. The van der Waals surface area contributed by atoms with E-state index < -0.39 is 0 Å². The Morgan fingerprint density at radius 1 is 1.25 bits per heavy atom. The van der Waals surface area contributed by atoms with Gasteiger partial charge >= 0.3 is 6.03 Å². The molecule has 0 bridgehead atoms. The Hall–Kier alpha value is -1.63. The minimum atomic E-state index is -0.124. The topological polar surface area (TPSA) is 64.7 Å². The highest BCUT2D eigenvalue weighted by atomic mass is 35.5. The van der Waals surface area contributed by atoms with Crippen LogP contribution in [-0.2, 0) is 4.79 Å². The second-order valence-corrected chi connectivity index (χ2v) is 6.76. The SMILES string of the molecule is O=C(CN1CCN(C(=O)Nc2cccc(Cl)c2)CC1)C1CCCN1. The van der Waals surface area contributed by atoms with Crippen LogP contribution in [0.3, 0.4) is 0 Å². The number of ketones is 1. The van der Waals surface area contributed by atoms with Crippen molar-refractivity contribution in [3.05, 3.63) is 29.3 Å². The first-order valence-electron chi connectivity index (χ1n) is 8.42. The van der Waals surface area contributed by atoms with Crippen molar-refractivity contribution in [1.82, 2.24) is 15.1 Å². The lowest BCUT2D eigenvalue weighted by molar-refractivity contribution is -0.122. The number of rotatable bonds is 4. The molecular weight excluding hydrogens is 328 g/mol. The predicted molar refractivity (Wildman–Crippen MR) is 94.5 cm³/mol. The molecule has 2 amide bonds. The molecule has 2 fully saturated rings. The summed E-state index contributed by atoms with van der Waals surface area (Å²) in [4.78, 5) is 28.4. The largest absolute Gasteiger partial charge is 0.322 e. The zero-order chi connectivity index (χ0) is 16.9. The molecule has 2 N–H and O–H groups in total. The Labute approximate surface area is 147 Å². The minimum absolute atomic E-state index is 0.0224. The van der Waals surface area contributed by atoms with Crippen LogP contribution in [0, 0.1) is 0 Å². The van der Waals surface area contributed by atoms with Crippen LogP contribution in [0.2, 0.25) is 5.02 Å². The van der Waals surface area contributed by atoms with Gasteiger partial charge in [0.15, 0.2) is 5.78 Å². The van der Waals surface area contributed by atoms with Gasteiger partial charge in [-0.2, -0.15) is 0 Å². The van der Waals surface area contributed by atoms with Gasteiger partial charge in [-0.15, -0.1) is 0 Å². The molecule has 130 valence electrons. The van der Waals surface area contributed by atoms with Gasteiger partial charge in [0.2, 0.25) is 0 Å². The molecule has 0 saturated carbocycles. The molecule has 0 radical (unpaired) electrons. The van der Waals surface area contributed by atoms with E-state index in [0.29, 0.717) is 30.3 Å². The molecule has 0 aromatic heterocycles. The third-order valence-electron chi connectivity index (χ3n) is 4.56. The average Bonchev–Trinajstić information content (AvgIpc) is 3.10. The number of halogens is 1. The quantitative estimate of drug-likeness (QED) is 0.869. The number of Topliss-reactive ketones (excluding diaryl/α,β-unsaturated/α-hetero) is 1. The van der Waals surface area contributed by atoms with E-state index >= 15 is 0 Å². The summed E-state index contributed by atoms with van der Waals surface area (Å²) in [6.45, 7) is 4.10. The van der Waals surface area contributed by atoms with Crippen molar-refractivity contribution in [2.24, 2.45) is 0 Å². The van der Waals surface area contributed by atoms with E-state index in [-0.39, 0.29) is 17.9 Å². The lowest BCUT2D eigenvalue weighted by Crippen LogP contribution is -2.52. The lowest BCUT2D eigenvalue weighted by Gasteiger charge is -2.34. The zero-order valence-corrected chi connectivity index (χ0v) is 14.4. The van der Waals surface area contributed by atoms with Crippen LogP contribution < -0.4 is 10.6 Å². The first kappa shape index (κ1) is 17.2. The number of nitrogens with zero attached hydrogens (tertiary/aromatic N) is 2. The van der Waals surface area contributed by atoms with Crippen LogP contribution in [0.4, 0.5) is 10.5 Å². The molecule has 6 nitrogen and oxygen atoms in total. The number of benzene rings is 1. The standard InChI is InChI=1S/C17H23ClN4O2/c18-13-3-1-4-14(11-13)20-17(24)22-9-7-21(8-10-22)12-16(23)15-5-2-6-19-15/h1,3-4,11,15,19H,2,5-10,12H2,(H,20,24). The molecule has 2 saturated heterocycles. The Kier molecular flexibility index (Phi) is 5.71. The first-order chi connectivity index (χ1) is 11.6. The maximum atomic E-state index is 12.3. The number of amides is 2. The fourth-order valence-corrected chi connectivity index (χ4v) is 3.36. The van der Waals surface area contributed by atoms with E-state index in [2.05, 4.69) is 15.5 Å². The second-order valence-electron chi connectivity index (χ2n) is 6.32. The molecule has 1 aromatic rings. The van der Waals surface area contributed by atoms with Gasteiger partial charge in [0.25, 0.3) is 0 Å². The summed E-state index contributed by atoms with van der Waals surface area (Å²) < 4.78 is 0. The number of hydrogen-bond acceptors (Lipinski definition) is 4. The van der Waals surface area contributed by atoms with Crippen molar-refractivity contribution in [3.8, 4) is 0 Å². The van der Waals surface area contributed by atoms with Crippen molar-refractivity contribution in [2.45, 2.75) is 18.9 Å². The van der Waals surface area contributed by atoms with E-state index in [4.69, 9.17) is 11.6 Å². The highest BCUT2D eigenvalue weighted by molar-refractivity contribution is 6.30. The third-order valence-corrected chi connectivity index (χ3v) is 4.80. The summed E-state index contributed by atoms with van der Waals surface area (Å²) in [5.41, 5.74) is 0.692. The van der Waals surface area contributed by atoms with Crippen LogP contribution in [0.1, 0.15) is 12.8 Å². The van der Waals surface area contributed by atoms with E-state index in [0.717, 1.165) is 32.5 Å². The maximum Gasteiger partial charge on any atom is 0.321 e. The van der Waals surface area contributed by atoms with Crippen molar-refractivity contribution >= 4 is 29.1 Å². The molecule has 0 spiro atoms. The van der Waals surface area contributed by atoms with Gasteiger partial charge in [0, 0.05) is 36.9 Å². The minimum Gasteiger partial charge on any atom is -0.322 e. The zero-order valence-electron chi connectivity index (χ0n) is 13.6. The monoisotopic (exact) mass is 350 g/mol. The summed E-state index contributed by atoms with van der Waals surface area (Å²) in [5, 5.41) is 6.70. The summed E-state index contributed by atoms with van der Waals surface area (Å²) in [5.74, 6) is 0.268. The summed E-state index contributed by atoms with van der Waals surface area (Å²) in [7, 11) is 0. The molecule has 2 aliphatic rings. The average molecular weight is 351 g/mol. The van der Waals surface area contributed by atoms with Crippen LogP contribution in [0.5, 0.6) is 0 Å². The fraction of sp³-hybridized carbons (Fsp3) is 0.529. The van der Waals surface area contributed by atoms with Gasteiger partial charge in [-0.3, -0.25) is 9.69 Å².